The van der Waals surface area contributed by atoms with Gasteiger partial charge in [0.05, 0.1) is 0 Å². The fourth-order valence-corrected chi connectivity index (χ4v) is 0.859. The lowest BCUT2D eigenvalue weighted by Crippen LogP contribution is -2.11. The molecule has 0 aliphatic rings. The molecule has 0 unspecified atom stereocenters. The fraction of sp³-hybridized carbons (Fsp3) is 0.231. The maximum Gasteiger partial charge on any atom is 0.318 e. The van der Waals surface area contributed by atoms with Crippen molar-refractivity contribution in [3.8, 4) is 5.75 Å². The van der Waals surface area contributed by atoms with Crippen LogP contribution in [0.3, 0.4) is 0 Å². The summed E-state index contributed by atoms with van der Waals surface area (Å²) in [5.74, 6) is 0.536. The summed E-state index contributed by atoms with van der Waals surface area (Å²) in [4.78, 5) is 21.5. The van der Waals surface area contributed by atoms with Crippen molar-refractivity contribution in [3.63, 3.8) is 0 Å². The lowest BCUT2D eigenvalue weighted by atomic mass is 10.3. The highest BCUT2D eigenvalue weighted by molar-refractivity contribution is 7.80. The molecule has 0 fully saturated rings. The van der Waals surface area contributed by atoms with E-state index in [1.165, 1.54) is 6.92 Å². The van der Waals surface area contributed by atoms with Crippen molar-refractivity contribution in [3.05, 3.63) is 43.0 Å². The number of hydrogen-bond donors (Lipinski definition) is 1. The Balaban J connectivity index is 0.000000557. The standard InChI is InChI=1S/C10H10O3.C3H6S/c1-8(11)7-10(12)13-9-5-3-2-4-6-9;1-2-3-4/h2-6H,7H2,1H3;2,4H,1,3H2. The first kappa shape index (κ1) is 15.4. The van der Waals surface area contributed by atoms with Gasteiger partial charge in [-0.05, 0) is 19.1 Å². The number of ether oxygens (including phenoxy) is 1. The van der Waals surface area contributed by atoms with Gasteiger partial charge in [-0.3, -0.25) is 9.59 Å². The van der Waals surface area contributed by atoms with E-state index in [0.29, 0.717) is 5.75 Å². The maximum absolute atomic E-state index is 11.0. The summed E-state index contributed by atoms with van der Waals surface area (Å²) >= 11 is 3.80. The highest BCUT2D eigenvalue weighted by Gasteiger charge is 2.06. The summed E-state index contributed by atoms with van der Waals surface area (Å²) in [5.41, 5.74) is 0. The van der Waals surface area contributed by atoms with Gasteiger partial charge in [-0.25, -0.2) is 0 Å². The Hall–Kier alpha value is -1.55. The highest BCUT2D eigenvalue weighted by Crippen LogP contribution is 2.08. The molecule has 0 bridgehead atoms. The molecule has 4 heteroatoms. The molecule has 1 aromatic carbocycles. The Bertz CT molecular complexity index is 360. The molecule has 0 atom stereocenters. The van der Waals surface area contributed by atoms with E-state index < -0.39 is 5.97 Å². The predicted molar refractivity (Wildman–Crippen MR) is 71.4 cm³/mol. The van der Waals surface area contributed by atoms with E-state index in [9.17, 15) is 9.59 Å². The van der Waals surface area contributed by atoms with Gasteiger partial charge in [0.15, 0.2) is 0 Å². The molecule has 0 saturated carbocycles. The van der Waals surface area contributed by atoms with Crippen LogP contribution < -0.4 is 4.74 Å². The van der Waals surface area contributed by atoms with Crippen LogP contribution in [0.2, 0.25) is 0 Å². The average Bonchev–Trinajstić information content (AvgIpc) is 2.29. The van der Waals surface area contributed by atoms with Gasteiger partial charge >= 0.3 is 5.97 Å². The molecule has 0 heterocycles. The molecule has 0 N–H and O–H groups in total. The minimum Gasteiger partial charge on any atom is -0.426 e. The fourth-order valence-electron chi connectivity index (χ4n) is 0.859. The Labute approximate surface area is 107 Å². The first-order chi connectivity index (χ1) is 8.10. The minimum atomic E-state index is -0.515. The lowest BCUT2D eigenvalue weighted by molar-refractivity contribution is -0.137. The van der Waals surface area contributed by atoms with Crippen LogP contribution in [0.4, 0.5) is 0 Å². The second kappa shape index (κ2) is 9.66. The molecule has 0 aromatic heterocycles. The molecule has 0 aliphatic heterocycles. The molecular formula is C13H16O3S. The van der Waals surface area contributed by atoms with Crippen LogP contribution >= 0.6 is 12.6 Å². The van der Waals surface area contributed by atoms with E-state index in [4.69, 9.17) is 4.74 Å². The molecular weight excluding hydrogens is 236 g/mol. The van der Waals surface area contributed by atoms with E-state index in [-0.39, 0.29) is 12.2 Å². The zero-order valence-corrected chi connectivity index (χ0v) is 10.7. The maximum atomic E-state index is 11.0. The smallest absolute Gasteiger partial charge is 0.318 e. The van der Waals surface area contributed by atoms with E-state index in [0.717, 1.165) is 5.75 Å². The summed E-state index contributed by atoms with van der Waals surface area (Å²) < 4.78 is 4.87. The lowest BCUT2D eigenvalue weighted by Gasteiger charge is -2.01. The van der Waals surface area contributed by atoms with Gasteiger partial charge in [0.2, 0.25) is 0 Å². The number of benzene rings is 1. The first-order valence-corrected chi connectivity index (χ1v) is 5.70. The van der Waals surface area contributed by atoms with Crippen molar-refractivity contribution in [2.45, 2.75) is 13.3 Å². The van der Waals surface area contributed by atoms with Gasteiger partial charge in [0, 0.05) is 5.75 Å². The second-order valence-electron chi connectivity index (χ2n) is 3.14. The van der Waals surface area contributed by atoms with E-state index in [1.54, 1.807) is 30.3 Å². The number of carbonyl (C=O) groups is 2. The minimum absolute atomic E-state index is 0.172. The van der Waals surface area contributed by atoms with Gasteiger partial charge < -0.3 is 4.74 Å². The third kappa shape index (κ3) is 9.38. The quantitative estimate of drug-likeness (QED) is 0.294. The number of Topliss-reactive ketones (excluding diaryl/α,β-unsaturated/α-hetero) is 1. The monoisotopic (exact) mass is 252 g/mol. The topological polar surface area (TPSA) is 43.4 Å². The SMILES string of the molecule is C=CCS.CC(=O)CC(=O)Oc1ccccc1. The molecule has 92 valence electrons. The van der Waals surface area contributed by atoms with Crippen molar-refractivity contribution < 1.29 is 14.3 Å². The Kier molecular flexibility index (Phi) is 8.78. The van der Waals surface area contributed by atoms with Gasteiger partial charge in [0.25, 0.3) is 0 Å². The molecule has 17 heavy (non-hydrogen) atoms. The first-order valence-electron chi connectivity index (χ1n) is 5.07. The summed E-state index contributed by atoms with van der Waals surface area (Å²) in [6.07, 6.45) is 1.57. The third-order valence-electron chi connectivity index (χ3n) is 1.50. The molecule has 3 nitrogen and oxygen atoms in total. The largest absolute Gasteiger partial charge is 0.426 e. The van der Waals surface area contributed by atoms with E-state index in [1.807, 2.05) is 6.07 Å². The summed E-state index contributed by atoms with van der Waals surface area (Å²) in [6.45, 7) is 4.76. The summed E-state index contributed by atoms with van der Waals surface area (Å²) in [5, 5.41) is 0. The van der Waals surface area contributed by atoms with Crippen molar-refractivity contribution in [2.24, 2.45) is 0 Å². The number of rotatable bonds is 4. The van der Waals surface area contributed by atoms with E-state index in [2.05, 4.69) is 19.2 Å². The highest BCUT2D eigenvalue weighted by atomic mass is 32.1. The van der Waals surface area contributed by atoms with Crippen LogP contribution in [0, 0.1) is 0 Å². The normalized spacial score (nSPS) is 8.59. The van der Waals surface area contributed by atoms with Crippen molar-refractivity contribution in [2.75, 3.05) is 5.75 Å². The summed E-state index contributed by atoms with van der Waals surface area (Å²) in [6, 6.07) is 8.67. The van der Waals surface area contributed by atoms with Crippen LogP contribution in [0.25, 0.3) is 0 Å². The number of hydrogen-bond acceptors (Lipinski definition) is 4. The third-order valence-corrected chi connectivity index (χ3v) is 1.76. The van der Waals surface area contributed by atoms with Gasteiger partial charge in [-0.1, -0.05) is 24.3 Å². The number of ketones is 1. The van der Waals surface area contributed by atoms with Crippen LogP contribution in [0.5, 0.6) is 5.75 Å². The predicted octanol–water partition coefficient (Wildman–Crippen LogP) is 2.67. The number of esters is 1. The zero-order valence-electron chi connectivity index (χ0n) is 9.76. The molecule has 1 aromatic rings. The van der Waals surface area contributed by atoms with Gasteiger partial charge in [0.1, 0.15) is 18.0 Å². The van der Waals surface area contributed by atoms with Crippen molar-refractivity contribution in [1.82, 2.24) is 0 Å². The van der Waals surface area contributed by atoms with Crippen LogP contribution in [-0.2, 0) is 9.59 Å². The Morgan fingerprint density at radius 1 is 1.35 bits per heavy atom. The summed E-state index contributed by atoms with van der Waals surface area (Å²) in [7, 11) is 0. The molecule has 1 rings (SSSR count). The van der Waals surface area contributed by atoms with Crippen molar-refractivity contribution in [1.29, 1.82) is 0 Å². The van der Waals surface area contributed by atoms with Crippen LogP contribution in [0.1, 0.15) is 13.3 Å². The zero-order chi connectivity index (χ0) is 13.1. The molecule has 0 amide bonds. The second-order valence-corrected chi connectivity index (χ2v) is 3.50. The molecule has 0 spiro atoms. The van der Waals surface area contributed by atoms with Gasteiger partial charge in [-0.2, -0.15) is 12.6 Å². The number of carbonyl (C=O) groups excluding carboxylic acids is 2. The number of para-hydroxylation sites is 1. The van der Waals surface area contributed by atoms with Gasteiger partial charge in [-0.15, -0.1) is 6.58 Å². The average molecular weight is 252 g/mol. The van der Waals surface area contributed by atoms with Crippen LogP contribution in [-0.4, -0.2) is 17.5 Å². The Morgan fingerprint density at radius 2 is 1.88 bits per heavy atom. The molecule has 0 aliphatic carbocycles. The number of thiol groups is 1. The Morgan fingerprint density at radius 3 is 2.29 bits per heavy atom. The van der Waals surface area contributed by atoms with E-state index >= 15 is 0 Å². The molecule has 0 radical (unpaired) electrons. The van der Waals surface area contributed by atoms with Crippen molar-refractivity contribution >= 4 is 24.4 Å². The van der Waals surface area contributed by atoms with Crippen LogP contribution in [0.15, 0.2) is 43.0 Å². The molecule has 0 saturated heterocycles.